The first-order valence-electron chi connectivity index (χ1n) is 12.0. The zero-order chi connectivity index (χ0) is 27.0. The summed E-state index contributed by atoms with van der Waals surface area (Å²) in [6.07, 6.45) is -2.92. The van der Waals surface area contributed by atoms with E-state index in [1.54, 1.807) is 24.4 Å². The highest BCUT2D eigenvalue weighted by atomic mass is 35.5. The third kappa shape index (κ3) is 5.48. The summed E-state index contributed by atoms with van der Waals surface area (Å²) in [7, 11) is 0. The van der Waals surface area contributed by atoms with Crippen molar-refractivity contribution in [1.82, 2.24) is 15.0 Å². The van der Waals surface area contributed by atoms with E-state index in [2.05, 4.69) is 15.3 Å². The molecule has 7 nitrogen and oxygen atoms in total. The summed E-state index contributed by atoms with van der Waals surface area (Å²) in [5, 5.41) is 13.5. The third-order valence-corrected chi connectivity index (χ3v) is 7.09. The van der Waals surface area contributed by atoms with Gasteiger partial charge in [-0.15, -0.1) is 0 Å². The lowest BCUT2D eigenvalue weighted by molar-refractivity contribution is -0.137. The van der Waals surface area contributed by atoms with Gasteiger partial charge in [-0.05, 0) is 48.4 Å². The molecule has 0 radical (unpaired) electrons. The number of aliphatic hydroxyl groups excluding tert-OH is 1. The number of hydrogen-bond acceptors (Lipinski definition) is 6. The molecular formula is C26H25Cl2F3N6O. The quantitative estimate of drug-likeness (QED) is 0.262. The number of benzene rings is 2. The number of aliphatic hydroxyl groups is 1. The van der Waals surface area contributed by atoms with Crippen LogP contribution in [0.25, 0.3) is 11.0 Å². The maximum atomic E-state index is 13.7. The topological polar surface area (TPSA) is 80.3 Å². The molecule has 0 bridgehead atoms. The van der Waals surface area contributed by atoms with Crippen molar-refractivity contribution in [3.05, 3.63) is 75.4 Å². The van der Waals surface area contributed by atoms with E-state index >= 15 is 0 Å². The lowest BCUT2D eigenvalue weighted by atomic mass is 10.1. The number of hydrogen-bond donors (Lipinski definition) is 3. The summed E-state index contributed by atoms with van der Waals surface area (Å²) in [4.78, 5) is 16.3. The third-order valence-electron chi connectivity index (χ3n) is 6.56. The molecule has 1 aliphatic heterocycles. The molecule has 1 aliphatic rings. The van der Waals surface area contributed by atoms with Crippen LogP contribution in [0, 0.1) is 0 Å². The smallest absolute Gasteiger partial charge is 0.392 e. The molecule has 0 saturated carbocycles. The number of anilines is 3. The van der Waals surface area contributed by atoms with Gasteiger partial charge in [0.05, 0.1) is 28.4 Å². The van der Waals surface area contributed by atoms with E-state index in [-0.39, 0.29) is 12.6 Å². The van der Waals surface area contributed by atoms with Crippen molar-refractivity contribution < 1.29 is 18.3 Å². The maximum absolute atomic E-state index is 13.7. The van der Waals surface area contributed by atoms with Crippen LogP contribution in [-0.4, -0.2) is 45.7 Å². The van der Waals surface area contributed by atoms with Gasteiger partial charge in [-0.2, -0.15) is 13.2 Å². The molecule has 4 aromatic rings. The molecule has 1 fully saturated rings. The SMILES string of the molecule is CC1CN(c2ncc(CO)cc2Cl)CCN1c1nc2c(NCc3ccc(Cl)cc3)cc(C(F)(F)F)cc2[nH]1. The molecule has 3 N–H and O–H groups in total. The summed E-state index contributed by atoms with van der Waals surface area (Å²) in [5.41, 5.74) is 1.77. The van der Waals surface area contributed by atoms with E-state index in [0.717, 1.165) is 17.7 Å². The van der Waals surface area contributed by atoms with Crippen LogP contribution in [0.3, 0.4) is 0 Å². The molecule has 12 heteroatoms. The Morgan fingerprint density at radius 2 is 1.87 bits per heavy atom. The van der Waals surface area contributed by atoms with Gasteiger partial charge in [0.2, 0.25) is 5.95 Å². The minimum absolute atomic E-state index is 0.0349. The largest absolute Gasteiger partial charge is 0.416 e. The minimum atomic E-state index is -4.51. The zero-order valence-electron chi connectivity index (χ0n) is 20.4. The summed E-state index contributed by atoms with van der Waals surface area (Å²) in [5.74, 6) is 1.12. The number of aromatic nitrogens is 3. The Morgan fingerprint density at radius 1 is 1.11 bits per heavy atom. The summed E-state index contributed by atoms with van der Waals surface area (Å²) < 4.78 is 41.1. The monoisotopic (exact) mass is 564 g/mol. The van der Waals surface area contributed by atoms with Gasteiger partial charge in [-0.3, -0.25) is 0 Å². The normalized spacial score (nSPS) is 16.3. The van der Waals surface area contributed by atoms with Crippen molar-refractivity contribution >= 4 is 51.7 Å². The molecule has 38 heavy (non-hydrogen) atoms. The Labute approximate surface area is 227 Å². The molecular weight excluding hydrogens is 540 g/mol. The number of imidazole rings is 1. The van der Waals surface area contributed by atoms with Gasteiger partial charge in [0, 0.05) is 43.4 Å². The van der Waals surface area contributed by atoms with Crippen LogP contribution in [0.15, 0.2) is 48.7 Å². The molecule has 1 unspecified atom stereocenters. The maximum Gasteiger partial charge on any atom is 0.416 e. The highest BCUT2D eigenvalue weighted by molar-refractivity contribution is 6.33. The Morgan fingerprint density at radius 3 is 2.53 bits per heavy atom. The Balaban J connectivity index is 1.41. The number of pyridine rings is 1. The summed E-state index contributed by atoms with van der Waals surface area (Å²) in [6, 6.07) is 10.9. The van der Waals surface area contributed by atoms with Crippen molar-refractivity contribution in [3.8, 4) is 0 Å². The highest BCUT2D eigenvalue weighted by Crippen LogP contribution is 2.36. The van der Waals surface area contributed by atoms with Crippen molar-refractivity contribution in [3.63, 3.8) is 0 Å². The lowest BCUT2D eigenvalue weighted by Crippen LogP contribution is -2.52. The van der Waals surface area contributed by atoms with Gasteiger partial charge in [0.1, 0.15) is 11.3 Å². The first-order chi connectivity index (χ1) is 18.1. The predicted octanol–water partition coefficient (Wildman–Crippen LogP) is 6.10. The van der Waals surface area contributed by atoms with Gasteiger partial charge in [-0.1, -0.05) is 35.3 Å². The molecule has 5 rings (SSSR count). The summed E-state index contributed by atoms with van der Waals surface area (Å²) >= 11 is 12.3. The summed E-state index contributed by atoms with van der Waals surface area (Å²) in [6.45, 7) is 3.90. The fourth-order valence-electron chi connectivity index (χ4n) is 4.59. The number of aromatic amines is 1. The van der Waals surface area contributed by atoms with Crippen LogP contribution in [0.2, 0.25) is 10.0 Å². The molecule has 2 aromatic heterocycles. The second kappa shape index (κ2) is 10.5. The van der Waals surface area contributed by atoms with Gasteiger partial charge >= 0.3 is 6.18 Å². The van der Waals surface area contributed by atoms with Crippen LogP contribution in [0.5, 0.6) is 0 Å². The van der Waals surface area contributed by atoms with Crippen molar-refractivity contribution in [2.75, 3.05) is 34.8 Å². The average molecular weight is 565 g/mol. The minimum Gasteiger partial charge on any atom is -0.392 e. The average Bonchev–Trinajstić information content (AvgIpc) is 3.31. The molecule has 2 aromatic carbocycles. The van der Waals surface area contributed by atoms with E-state index in [9.17, 15) is 18.3 Å². The molecule has 0 aliphatic carbocycles. The Hall–Kier alpha value is -3.21. The second-order valence-corrected chi connectivity index (χ2v) is 10.1. The van der Waals surface area contributed by atoms with Crippen LogP contribution >= 0.6 is 23.2 Å². The highest BCUT2D eigenvalue weighted by Gasteiger charge is 2.33. The fourth-order valence-corrected chi connectivity index (χ4v) is 5.03. The fraction of sp³-hybridized carbons (Fsp3) is 0.308. The van der Waals surface area contributed by atoms with Crippen LogP contribution < -0.4 is 15.1 Å². The van der Waals surface area contributed by atoms with E-state index in [1.165, 1.54) is 0 Å². The number of rotatable bonds is 6. The van der Waals surface area contributed by atoms with E-state index < -0.39 is 11.7 Å². The number of nitrogens with one attached hydrogen (secondary N) is 2. The van der Waals surface area contributed by atoms with E-state index in [1.807, 2.05) is 28.9 Å². The molecule has 1 saturated heterocycles. The number of fused-ring (bicyclic) bond motifs is 1. The van der Waals surface area contributed by atoms with Gasteiger partial charge in [0.25, 0.3) is 0 Å². The first kappa shape index (κ1) is 26.4. The number of H-pyrrole nitrogens is 1. The zero-order valence-corrected chi connectivity index (χ0v) is 21.9. The number of piperazine rings is 1. The van der Waals surface area contributed by atoms with Crippen LogP contribution in [0.1, 0.15) is 23.6 Å². The molecule has 3 heterocycles. The Bertz CT molecular complexity index is 1440. The first-order valence-corrected chi connectivity index (χ1v) is 12.7. The number of nitrogens with zero attached hydrogens (tertiary/aromatic N) is 4. The van der Waals surface area contributed by atoms with E-state index in [4.69, 9.17) is 28.2 Å². The standard InChI is InChI=1S/C26H25Cl2F3N6O/c1-15-13-36(24-20(28)8-17(14-38)12-33-24)6-7-37(15)25-34-22-10-18(26(29,30)31)9-21(23(22)35-25)32-11-16-2-4-19(27)5-3-16/h2-5,8-10,12,15,32,38H,6-7,11,13-14H2,1H3,(H,34,35). The molecule has 0 spiro atoms. The second-order valence-electron chi connectivity index (χ2n) is 9.25. The van der Waals surface area contributed by atoms with Crippen LogP contribution in [0.4, 0.5) is 30.6 Å². The molecule has 200 valence electrons. The van der Waals surface area contributed by atoms with Crippen molar-refractivity contribution in [2.24, 2.45) is 0 Å². The Kier molecular flexibility index (Phi) is 7.30. The molecule has 0 amide bonds. The predicted molar refractivity (Wildman–Crippen MR) is 144 cm³/mol. The van der Waals surface area contributed by atoms with Gasteiger partial charge in [0.15, 0.2) is 0 Å². The van der Waals surface area contributed by atoms with Crippen LogP contribution in [-0.2, 0) is 19.3 Å². The lowest BCUT2D eigenvalue weighted by Gasteiger charge is -2.40. The van der Waals surface area contributed by atoms with Gasteiger partial charge in [-0.25, -0.2) is 9.97 Å². The van der Waals surface area contributed by atoms with Gasteiger partial charge < -0.3 is 25.2 Å². The van der Waals surface area contributed by atoms with Crippen molar-refractivity contribution in [1.29, 1.82) is 0 Å². The molecule has 1 atom stereocenters. The number of alkyl halides is 3. The number of halogens is 5. The van der Waals surface area contributed by atoms with E-state index in [0.29, 0.717) is 70.3 Å². The van der Waals surface area contributed by atoms with Crippen molar-refractivity contribution in [2.45, 2.75) is 32.3 Å².